The average molecular weight is 350 g/mol. The fourth-order valence-corrected chi connectivity index (χ4v) is 2.57. The fraction of sp³-hybridized carbons (Fsp3) is 0.500. The summed E-state index contributed by atoms with van der Waals surface area (Å²) >= 11 is 5.99. The molecule has 0 spiro atoms. The molecule has 0 aliphatic carbocycles. The molecule has 2 atom stereocenters. The van der Waals surface area contributed by atoms with Crippen molar-refractivity contribution < 1.29 is 14.3 Å². The molecule has 1 amide bonds. The minimum Gasteiger partial charge on any atom is -0.496 e. The van der Waals surface area contributed by atoms with Crippen molar-refractivity contribution in [1.29, 1.82) is 0 Å². The summed E-state index contributed by atoms with van der Waals surface area (Å²) in [6.45, 7) is 1.55. The summed E-state index contributed by atoms with van der Waals surface area (Å²) < 4.78 is 10.6. The first-order valence-electron chi connectivity index (χ1n) is 6.74. The number of nitrogens with two attached hydrogens (primary N) is 1. The van der Waals surface area contributed by atoms with Gasteiger partial charge < -0.3 is 25.8 Å². The standard InChI is InChI=1S/C14H20ClN3O3.ClH/c1-20-12-6-10(16)9(15)5-8(12)14(19)18-11-3-4-17-7-13(11)21-2;/h5-6,11,13,17H,3-4,7,16H2,1-2H3,(H,18,19);1H. The number of benzene rings is 1. The number of methoxy groups -OCH3 is 2. The van der Waals surface area contributed by atoms with E-state index in [1.54, 1.807) is 13.2 Å². The second-order valence-electron chi connectivity index (χ2n) is 4.92. The summed E-state index contributed by atoms with van der Waals surface area (Å²) in [6, 6.07) is 3.02. The Labute approximate surface area is 141 Å². The first kappa shape index (κ1) is 18.8. The van der Waals surface area contributed by atoms with Crippen molar-refractivity contribution in [2.24, 2.45) is 0 Å². The number of rotatable bonds is 4. The van der Waals surface area contributed by atoms with Crippen LogP contribution < -0.4 is 21.1 Å². The number of nitrogens with one attached hydrogen (secondary N) is 2. The molecule has 1 aliphatic heterocycles. The monoisotopic (exact) mass is 349 g/mol. The molecule has 0 saturated carbocycles. The lowest BCUT2D eigenvalue weighted by Crippen LogP contribution is -2.53. The molecule has 4 N–H and O–H groups in total. The number of halogens is 2. The summed E-state index contributed by atoms with van der Waals surface area (Å²) in [5, 5.41) is 6.53. The van der Waals surface area contributed by atoms with Crippen LogP contribution in [-0.2, 0) is 4.74 Å². The first-order valence-corrected chi connectivity index (χ1v) is 7.12. The van der Waals surface area contributed by atoms with Crippen LogP contribution >= 0.6 is 24.0 Å². The molecule has 0 bridgehead atoms. The molecule has 8 heteroatoms. The highest BCUT2D eigenvalue weighted by Crippen LogP contribution is 2.29. The minimum absolute atomic E-state index is 0. The maximum Gasteiger partial charge on any atom is 0.255 e. The molecular weight excluding hydrogens is 329 g/mol. The molecular formula is C14H21Cl2N3O3. The van der Waals surface area contributed by atoms with Crippen molar-refractivity contribution in [3.8, 4) is 5.75 Å². The lowest BCUT2D eigenvalue weighted by Gasteiger charge is -2.31. The highest BCUT2D eigenvalue weighted by atomic mass is 35.5. The van der Waals surface area contributed by atoms with E-state index >= 15 is 0 Å². The smallest absolute Gasteiger partial charge is 0.255 e. The molecule has 1 aromatic rings. The van der Waals surface area contributed by atoms with Gasteiger partial charge in [0.1, 0.15) is 5.75 Å². The second-order valence-corrected chi connectivity index (χ2v) is 5.33. The first-order chi connectivity index (χ1) is 10.1. The van der Waals surface area contributed by atoms with Gasteiger partial charge in [0.2, 0.25) is 0 Å². The molecule has 22 heavy (non-hydrogen) atoms. The van der Waals surface area contributed by atoms with Crippen molar-refractivity contribution in [3.05, 3.63) is 22.7 Å². The Balaban J connectivity index is 0.00000242. The Bertz CT molecular complexity index is 528. The van der Waals surface area contributed by atoms with E-state index in [9.17, 15) is 4.79 Å². The van der Waals surface area contributed by atoms with Gasteiger partial charge in [0.05, 0.1) is 35.5 Å². The Hall–Kier alpha value is -1.21. The predicted octanol–water partition coefficient (Wildman–Crippen LogP) is 1.46. The van der Waals surface area contributed by atoms with E-state index < -0.39 is 0 Å². The summed E-state index contributed by atoms with van der Waals surface area (Å²) in [4.78, 5) is 12.5. The van der Waals surface area contributed by atoms with Crippen molar-refractivity contribution >= 4 is 35.6 Å². The van der Waals surface area contributed by atoms with Gasteiger partial charge >= 0.3 is 0 Å². The topological polar surface area (TPSA) is 85.6 Å². The number of carbonyl (C=O) groups is 1. The van der Waals surface area contributed by atoms with E-state index in [-0.39, 0.29) is 30.5 Å². The van der Waals surface area contributed by atoms with E-state index in [2.05, 4.69) is 10.6 Å². The van der Waals surface area contributed by atoms with Gasteiger partial charge in [0, 0.05) is 19.7 Å². The molecule has 0 aromatic heterocycles. The molecule has 1 saturated heterocycles. The molecule has 1 fully saturated rings. The largest absolute Gasteiger partial charge is 0.496 e. The van der Waals surface area contributed by atoms with E-state index in [0.29, 0.717) is 28.6 Å². The molecule has 2 rings (SSSR count). The minimum atomic E-state index is -0.247. The third-order valence-corrected chi connectivity index (χ3v) is 3.94. The zero-order chi connectivity index (χ0) is 15.4. The highest BCUT2D eigenvalue weighted by molar-refractivity contribution is 6.33. The van der Waals surface area contributed by atoms with Crippen LogP contribution in [0.4, 0.5) is 5.69 Å². The van der Waals surface area contributed by atoms with E-state index in [0.717, 1.165) is 13.0 Å². The second kappa shape index (κ2) is 8.43. The van der Waals surface area contributed by atoms with Crippen LogP contribution in [-0.4, -0.2) is 45.4 Å². The van der Waals surface area contributed by atoms with Crippen LogP contribution in [0.5, 0.6) is 5.75 Å². The molecule has 124 valence electrons. The lowest BCUT2D eigenvalue weighted by atomic mass is 10.0. The summed E-state index contributed by atoms with van der Waals surface area (Å²) in [5.74, 6) is 0.153. The van der Waals surface area contributed by atoms with Gasteiger partial charge in [0.15, 0.2) is 0 Å². The summed E-state index contributed by atoms with van der Waals surface area (Å²) in [7, 11) is 3.12. The predicted molar refractivity (Wildman–Crippen MR) is 89.2 cm³/mol. The van der Waals surface area contributed by atoms with Crippen molar-refractivity contribution in [2.75, 3.05) is 33.0 Å². The van der Waals surface area contributed by atoms with E-state index in [1.165, 1.54) is 13.2 Å². The Kier molecular flexibility index (Phi) is 7.22. The molecule has 0 radical (unpaired) electrons. The molecule has 1 heterocycles. The van der Waals surface area contributed by atoms with Crippen LogP contribution in [0.1, 0.15) is 16.8 Å². The van der Waals surface area contributed by atoms with E-state index in [1.807, 2.05) is 0 Å². The number of nitrogen functional groups attached to an aromatic ring is 1. The number of ether oxygens (including phenoxy) is 2. The van der Waals surface area contributed by atoms with Gasteiger partial charge in [-0.15, -0.1) is 12.4 Å². The molecule has 6 nitrogen and oxygen atoms in total. The van der Waals surface area contributed by atoms with Crippen LogP contribution in [0.2, 0.25) is 5.02 Å². The molecule has 2 unspecified atom stereocenters. The van der Waals surface area contributed by atoms with Gasteiger partial charge in [-0.05, 0) is 19.0 Å². The van der Waals surface area contributed by atoms with Crippen LogP contribution in [0, 0.1) is 0 Å². The Morgan fingerprint density at radius 2 is 2.18 bits per heavy atom. The van der Waals surface area contributed by atoms with E-state index in [4.69, 9.17) is 26.8 Å². The summed E-state index contributed by atoms with van der Waals surface area (Å²) in [5.41, 5.74) is 6.46. The number of piperidine rings is 1. The zero-order valence-corrected chi connectivity index (χ0v) is 14.1. The quantitative estimate of drug-likeness (QED) is 0.716. The van der Waals surface area contributed by atoms with Crippen LogP contribution in [0.25, 0.3) is 0 Å². The summed E-state index contributed by atoms with van der Waals surface area (Å²) in [6.07, 6.45) is 0.743. The van der Waals surface area contributed by atoms with Gasteiger partial charge in [-0.25, -0.2) is 0 Å². The third-order valence-electron chi connectivity index (χ3n) is 3.61. The number of carbonyl (C=O) groups excluding carboxylic acids is 1. The normalized spacial score (nSPS) is 20.9. The third kappa shape index (κ3) is 4.16. The van der Waals surface area contributed by atoms with Gasteiger partial charge in [0.25, 0.3) is 5.91 Å². The molecule has 1 aromatic carbocycles. The Morgan fingerprint density at radius 1 is 1.45 bits per heavy atom. The van der Waals surface area contributed by atoms with Crippen molar-refractivity contribution in [3.63, 3.8) is 0 Å². The Morgan fingerprint density at radius 3 is 2.82 bits per heavy atom. The fourth-order valence-electron chi connectivity index (χ4n) is 2.40. The van der Waals surface area contributed by atoms with Gasteiger partial charge in [-0.2, -0.15) is 0 Å². The van der Waals surface area contributed by atoms with Crippen LogP contribution in [0.15, 0.2) is 12.1 Å². The SMILES string of the molecule is COc1cc(N)c(Cl)cc1C(=O)NC1CCNCC1OC.Cl. The zero-order valence-electron chi connectivity index (χ0n) is 12.5. The van der Waals surface area contributed by atoms with Gasteiger partial charge in [-0.1, -0.05) is 11.6 Å². The number of hydrogen-bond donors (Lipinski definition) is 3. The number of hydrogen-bond acceptors (Lipinski definition) is 5. The number of anilines is 1. The lowest BCUT2D eigenvalue weighted by molar-refractivity contribution is 0.0476. The average Bonchev–Trinajstić information content (AvgIpc) is 2.50. The van der Waals surface area contributed by atoms with Crippen molar-refractivity contribution in [1.82, 2.24) is 10.6 Å². The maximum absolute atomic E-state index is 12.5. The number of amides is 1. The molecule has 1 aliphatic rings. The van der Waals surface area contributed by atoms with Crippen LogP contribution in [0.3, 0.4) is 0 Å². The van der Waals surface area contributed by atoms with Gasteiger partial charge in [-0.3, -0.25) is 4.79 Å². The highest BCUT2D eigenvalue weighted by Gasteiger charge is 2.27. The maximum atomic E-state index is 12.5. The van der Waals surface area contributed by atoms with Crippen molar-refractivity contribution in [2.45, 2.75) is 18.6 Å².